The van der Waals surface area contributed by atoms with Crippen LogP contribution < -0.4 is 16.0 Å². The highest BCUT2D eigenvalue weighted by Gasteiger charge is 2.30. The first-order valence-corrected chi connectivity index (χ1v) is 16.1. The van der Waals surface area contributed by atoms with Crippen molar-refractivity contribution in [2.75, 3.05) is 13.6 Å². The average molecular weight is 631 g/mol. The summed E-state index contributed by atoms with van der Waals surface area (Å²) >= 11 is 1.48. The molecule has 0 fully saturated rings. The summed E-state index contributed by atoms with van der Waals surface area (Å²) in [6.07, 6.45) is 2.31. The van der Waals surface area contributed by atoms with Crippen molar-refractivity contribution in [1.82, 2.24) is 30.8 Å². The van der Waals surface area contributed by atoms with E-state index >= 15 is 0 Å². The molecule has 0 radical (unpaired) electrons. The fourth-order valence-electron chi connectivity index (χ4n) is 4.60. The number of nitrogens with zero attached hydrogens (tertiary/aromatic N) is 3. The summed E-state index contributed by atoms with van der Waals surface area (Å²) in [5, 5.41) is 22.5. The monoisotopic (exact) mass is 630 g/mol. The predicted octanol–water partition coefficient (Wildman–Crippen LogP) is 3.56. The number of thiazole rings is 1. The molecule has 12 heteroatoms. The third kappa shape index (κ3) is 11.6. The second-order valence-electron chi connectivity index (χ2n) is 12.8. The van der Waals surface area contributed by atoms with Crippen LogP contribution in [0, 0.1) is 30.6 Å². The van der Waals surface area contributed by atoms with Gasteiger partial charge in [0.25, 0.3) is 11.8 Å². The lowest BCUT2D eigenvalue weighted by Crippen LogP contribution is -2.52. The molecule has 2 aromatic rings. The number of carbonyl (C=O) groups excluding carboxylic acids is 4. The highest BCUT2D eigenvalue weighted by atomic mass is 32.1. The number of rotatable bonds is 16. The Balaban J connectivity index is 2.08. The highest BCUT2D eigenvalue weighted by molar-refractivity contribution is 7.09. The van der Waals surface area contributed by atoms with E-state index in [-0.39, 0.29) is 53.0 Å². The zero-order valence-corrected chi connectivity index (χ0v) is 28.3. The summed E-state index contributed by atoms with van der Waals surface area (Å²) in [6.45, 7) is 16.1. The molecule has 2 heterocycles. The lowest BCUT2D eigenvalue weighted by atomic mass is 9.91. The van der Waals surface area contributed by atoms with Gasteiger partial charge in [-0.05, 0) is 43.6 Å². The maximum atomic E-state index is 13.3. The fourth-order valence-corrected chi connectivity index (χ4v) is 5.43. The first kappa shape index (κ1) is 36.8. The van der Waals surface area contributed by atoms with Crippen molar-refractivity contribution in [3.63, 3.8) is 0 Å². The first-order chi connectivity index (χ1) is 20.6. The zero-order valence-electron chi connectivity index (χ0n) is 27.5. The van der Waals surface area contributed by atoms with Crippen molar-refractivity contribution in [2.45, 2.75) is 93.0 Å². The maximum absolute atomic E-state index is 13.3. The molecule has 4 N–H and O–H groups in total. The number of nitrogens with one attached hydrogen (secondary N) is 3. The van der Waals surface area contributed by atoms with Gasteiger partial charge in [-0.3, -0.25) is 24.2 Å². The topological polar surface area (TPSA) is 154 Å². The summed E-state index contributed by atoms with van der Waals surface area (Å²) in [5.74, 6) is -1.67. The largest absolute Gasteiger partial charge is 0.391 e. The summed E-state index contributed by atoms with van der Waals surface area (Å²) < 4.78 is 0. The Labute approximate surface area is 265 Å². The molecule has 4 amide bonds. The Morgan fingerprint density at radius 3 is 2.16 bits per heavy atom. The lowest BCUT2D eigenvalue weighted by Gasteiger charge is -2.28. The van der Waals surface area contributed by atoms with Crippen molar-refractivity contribution in [3.8, 4) is 0 Å². The van der Waals surface area contributed by atoms with E-state index in [9.17, 15) is 24.3 Å². The van der Waals surface area contributed by atoms with Crippen LogP contribution in [0.3, 0.4) is 0 Å². The number of carbonyl (C=O) groups is 4. The van der Waals surface area contributed by atoms with Crippen molar-refractivity contribution in [2.24, 2.45) is 23.7 Å². The van der Waals surface area contributed by atoms with Gasteiger partial charge in [0, 0.05) is 43.0 Å². The molecule has 4 atom stereocenters. The maximum Gasteiger partial charge on any atom is 0.255 e. The van der Waals surface area contributed by atoms with E-state index in [1.54, 1.807) is 14.0 Å². The molecule has 44 heavy (non-hydrogen) atoms. The van der Waals surface area contributed by atoms with E-state index in [0.29, 0.717) is 19.5 Å². The molecule has 0 saturated carbocycles. The van der Waals surface area contributed by atoms with Gasteiger partial charge in [-0.25, -0.2) is 4.98 Å². The Hall–Kier alpha value is -3.38. The van der Waals surface area contributed by atoms with Crippen LogP contribution in [0.4, 0.5) is 0 Å². The molecule has 244 valence electrons. The molecular formula is C32H50N6O5S. The van der Waals surface area contributed by atoms with E-state index in [0.717, 1.165) is 10.7 Å². The van der Waals surface area contributed by atoms with E-state index in [4.69, 9.17) is 0 Å². The van der Waals surface area contributed by atoms with Crippen molar-refractivity contribution < 1.29 is 24.3 Å². The van der Waals surface area contributed by atoms with Gasteiger partial charge in [0.05, 0.1) is 29.8 Å². The summed E-state index contributed by atoms with van der Waals surface area (Å²) in [7, 11) is 1.67. The SMILES string of the molecule is Cc1csc(CN(C)C(=O)c2cncc(C(=O)NC(CC(C)C)C(O)CC(C)C(=O)NC(C(=O)NCC(C)C)C(C)C)c2)n1. The number of hydrogen-bond acceptors (Lipinski definition) is 8. The molecule has 0 aliphatic carbocycles. The van der Waals surface area contributed by atoms with Gasteiger partial charge in [0.2, 0.25) is 11.8 Å². The van der Waals surface area contributed by atoms with Crippen molar-refractivity contribution in [1.29, 1.82) is 0 Å². The minimum Gasteiger partial charge on any atom is -0.391 e. The molecule has 0 spiro atoms. The third-order valence-electron chi connectivity index (χ3n) is 7.11. The van der Waals surface area contributed by atoms with Crippen LogP contribution in [0.1, 0.15) is 92.7 Å². The number of hydrogen-bond donors (Lipinski definition) is 4. The number of aliphatic hydroxyl groups is 1. The summed E-state index contributed by atoms with van der Waals surface area (Å²) in [6, 6.07) is 0.141. The zero-order chi connectivity index (χ0) is 33.1. The van der Waals surface area contributed by atoms with Gasteiger partial charge in [0.15, 0.2) is 0 Å². The lowest BCUT2D eigenvalue weighted by molar-refractivity contribution is -0.132. The second-order valence-corrected chi connectivity index (χ2v) is 13.7. The molecule has 0 aromatic carbocycles. The minimum atomic E-state index is -1.03. The minimum absolute atomic E-state index is 0.0831. The van der Waals surface area contributed by atoms with Crippen LogP contribution in [0.15, 0.2) is 23.8 Å². The van der Waals surface area contributed by atoms with Gasteiger partial charge in [-0.15, -0.1) is 11.3 Å². The van der Waals surface area contributed by atoms with Crippen LogP contribution in [0.5, 0.6) is 0 Å². The molecule has 0 saturated heterocycles. The number of amides is 4. The molecule has 4 unspecified atom stereocenters. The second kappa shape index (κ2) is 17.2. The number of aromatic nitrogens is 2. The Bertz CT molecular complexity index is 1260. The van der Waals surface area contributed by atoms with E-state index in [1.807, 2.05) is 53.8 Å². The average Bonchev–Trinajstić information content (AvgIpc) is 3.37. The van der Waals surface area contributed by atoms with Gasteiger partial charge in [0.1, 0.15) is 11.0 Å². The molecule has 0 bridgehead atoms. The molecule has 0 aliphatic heterocycles. The van der Waals surface area contributed by atoms with Crippen LogP contribution in [-0.4, -0.2) is 75.4 Å². The van der Waals surface area contributed by atoms with Crippen LogP contribution in [0.25, 0.3) is 0 Å². The molecule has 11 nitrogen and oxygen atoms in total. The van der Waals surface area contributed by atoms with Crippen molar-refractivity contribution >= 4 is 35.0 Å². The third-order valence-corrected chi connectivity index (χ3v) is 8.06. The van der Waals surface area contributed by atoms with Crippen LogP contribution in [0.2, 0.25) is 0 Å². The van der Waals surface area contributed by atoms with Gasteiger partial charge < -0.3 is 26.0 Å². The number of aliphatic hydroxyl groups excluding tert-OH is 1. The molecule has 2 rings (SSSR count). The van der Waals surface area contributed by atoms with E-state index < -0.39 is 30.0 Å². The molecular weight excluding hydrogens is 580 g/mol. The summed E-state index contributed by atoms with van der Waals surface area (Å²) in [4.78, 5) is 62.1. The standard InChI is InChI=1S/C32H50N6O5S/c1-18(2)10-25(26(39)11-21(7)29(40)37-28(20(5)6)31(42)34-13-19(3)4)36-30(41)23-12-24(15-33-14-23)32(43)38(9)16-27-35-22(8)17-44-27/h12,14-15,17-21,25-26,28,39H,10-11,13,16H2,1-9H3,(H,34,42)(H,36,41)(H,37,40). The number of aryl methyl sites for hydroxylation is 1. The van der Waals surface area contributed by atoms with Crippen LogP contribution >= 0.6 is 11.3 Å². The Morgan fingerprint density at radius 2 is 1.59 bits per heavy atom. The smallest absolute Gasteiger partial charge is 0.255 e. The van der Waals surface area contributed by atoms with Gasteiger partial charge in [-0.2, -0.15) is 0 Å². The van der Waals surface area contributed by atoms with Crippen molar-refractivity contribution in [3.05, 3.63) is 45.7 Å². The number of pyridine rings is 1. The summed E-state index contributed by atoms with van der Waals surface area (Å²) in [5.41, 5.74) is 1.34. The fraction of sp³-hybridized carbons (Fsp3) is 0.625. The first-order valence-electron chi connectivity index (χ1n) is 15.3. The van der Waals surface area contributed by atoms with Crippen LogP contribution in [-0.2, 0) is 16.1 Å². The van der Waals surface area contributed by atoms with E-state index in [2.05, 4.69) is 25.9 Å². The quantitative estimate of drug-likeness (QED) is 0.221. The normalized spacial score (nSPS) is 14.2. The predicted molar refractivity (Wildman–Crippen MR) is 172 cm³/mol. The van der Waals surface area contributed by atoms with E-state index in [1.165, 1.54) is 34.7 Å². The van der Waals surface area contributed by atoms with Gasteiger partial charge >= 0.3 is 0 Å². The Morgan fingerprint density at radius 1 is 0.932 bits per heavy atom. The molecule has 0 aliphatic rings. The Kier molecular flexibility index (Phi) is 14.4. The molecule has 2 aromatic heterocycles. The van der Waals surface area contributed by atoms with Gasteiger partial charge in [-0.1, -0.05) is 48.5 Å². The highest BCUT2D eigenvalue weighted by Crippen LogP contribution is 2.18.